The van der Waals surface area contributed by atoms with Gasteiger partial charge in [-0.2, -0.15) is 0 Å². The first-order valence-electron chi connectivity index (χ1n) is 8.26. The lowest BCUT2D eigenvalue weighted by Gasteiger charge is -2.31. The van der Waals surface area contributed by atoms with E-state index in [0.29, 0.717) is 0 Å². The number of ether oxygens (including phenoxy) is 3. The molecular formula is C18H31NO5. The van der Waals surface area contributed by atoms with Gasteiger partial charge in [0, 0.05) is 14.2 Å². The fourth-order valence-electron chi connectivity index (χ4n) is 2.73. The van der Waals surface area contributed by atoms with Crippen molar-refractivity contribution in [1.82, 2.24) is 5.23 Å². The Morgan fingerprint density at radius 2 is 1.67 bits per heavy atom. The molecule has 2 atom stereocenters. The predicted molar refractivity (Wildman–Crippen MR) is 92.6 cm³/mol. The highest BCUT2D eigenvalue weighted by atomic mass is 17.0. The zero-order chi connectivity index (χ0) is 17.9. The topological polar surface area (TPSA) is 49.4 Å². The molecule has 0 spiro atoms. The molecule has 0 fully saturated rings. The minimum Gasteiger partial charge on any atom is -0.496 e. The molecule has 0 heterocycles. The van der Waals surface area contributed by atoms with Crippen LogP contribution in [0.1, 0.15) is 43.4 Å². The van der Waals surface area contributed by atoms with Crippen molar-refractivity contribution >= 4 is 0 Å². The molecule has 0 aliphatic heterocycles. The maximum Gasteiger partial charge on any atom is 0.189 e. The lowest BCUT2D eigenvalue weighted by atomic mass is 10.0. The van der Waals surface area contributed by atoms with Gasteiger partial charge in [-0.3, -0.25) is 9.68 Å². The zero-order valence-corrected chi connectivity index (χ0v) is 15.7. The molecule has 0 saturated heterocycles. The third-order valence-corrected chi connectivity index (χ3v) is 4.01. The summed E-state index contributed by atoms with van der Waals surface area (Å²) in [7, 11) is 7.92. The lowest BCUT2D eigenvalue weighted by molar-refractivity contribution is -0.414. The van der Waals surface area contributed by atoms with Crippen LogP contribution in [-0.2, 0) is 25.6 Å². The van der Waals surface area contributed by atoms with Gasteiger partial charge < -0.3 is 14.2 Å². The second-order valence-corrected chi connectivity index (χ2v) is 5.46. The molecule has 0 radical (unpaired) electrons. The van der Waals surface area contributed by atoms with Gasteiger partial charge in [0.1, 0.15) is 11.9 Å². The van der Waals surface area contributed by atoms with E-state index in [1.807, 2.05) is 12.1 Å². The van der Waals surface area contributed by atoms with Gasteiger partial charge in [-0.15, -0.1) is 0 Å². The number of benzene rings is 1. The average molecular weight is 341 g/mol. The van der Waals surface area contributed by atoms with E-state index in [4.69, 9.17) is 23.9 Å². The van der Waals surface area contributed by atoms with Gasteiger partial charge in [-0.25, -0.2) is 0 Å². The van der Waals surface area contributed by atoms with Crippen LogP contribution in [0.4, 0.5) is 0 Å². The summed E-state index contributed by atoms with van der Waals surface area (Å²) in [5, 5.41) is 1.26. The maximum absolute atomic E-state index is 5.63. The van der Waals surface area contributed by atoms with E-state index in [-0.39, 0.29) is 0 Å². The van der Waals surface area contributed by atoms with Gasteiger partial charge in [0.2, 0.25) is 0 Å². The smallest absolute Gasteiger partial charge is 0.189 e. The van der Waals surface area contributed by atoms with Crippen LogP contribution in [0.5, 0.6) is 5.75 Å². The van der Waals surface area contributed by atoms with Crippen molar-refractivity contribution in [3.8, 4) is 5.75 Å². The lowest BCUT2D eigenvalue weighted by Crippen LogP contribution is -2.40. The molecule has 0 saturated carbocycles. The van der Waals surface area contributed by atoms with Crippen LogP contribution in [0.15, 0.2) is 18.2 Å². The molecule has 6 nitrogen and oxygen atoms in total. The first-order chi connectivity index (χ1) is 11.7. The van der Waals surface area contributed by atoms with Crippen molar-refractivity contribution in [3.63, 3.8) is 0 Å². The van der Waals surface area contributed by atoms with Crippen molar-refractivity contribution in [1.29, 1.82) is 0 Å². The first-order valence-corrected chi connectivity index (χ1v) is 8.26. The minimum absolute atomic E-state index is 0.395. The second-order valence-electron chi connectivity index (χ2n) is 5.46. The molecule has 6 heteroatoms. The molecule has 2 unspecified atom stereocenters. The quantitative estimate of drug-likeness (QED) is 0.329. The van der Waals surface area contributed by atoms with E-state index in [1.54, 1.807) is 21.3 Å². The van der Waals surface area contributed by atoms with Crippen LogP contribution in [0.25, 0.3) is 0 Å². The van der Waals surface area contributed by atoms with Crippen LogP contribution in [0.2, 0.25) is 0 Å². The molecule has 0 aromatic heterocycles. The summed E-state index contributed by atoms with van der Waals surface area (Å²) in [6.45, 7) is 2.20. The number of unbranched alkanes of at least 4 members (excludes halogenated alkanes) is 2. The van der Waals surface area contributed by atoms with Crippen molar-refractivity contribution in [2.45, 2.75) is 44.9 Å². The summed E-state index contributed by atoms with van der Waals surface area (Å²) in [5.41, 5.74) is 2.13. The van der Waals surface area contributed by atoms with Gasteiger partial charge in [-0.05, 0) is 35.3 Å². The highest BCUT2D eigenvalue weighted by molar-refractivity contribution is 5.39. The van der Waals surface area contributed by atoms with Crippen LogP contribution in [0, 0.1) is 0 Å². The molecule has 0 aliphatic carbocycles. The summed E-state index contributed by atoms with van der Waals surface area (Å²) in [5.74, 6) is 0.863. The Balaban J connectivity index is 3.04. The highest BCUT2D eigenvalue weighted by Gasteiger charge is 2.30. The van der Waals surface area contributed by atoms with Crippen LogP contribution >= 0.6 is 0 Å². The van der Waals surface area contributed by atoms with Crippen molar-refractivity contribution in [2.75, 3.05) is 35.5 Å². The normalized spacial score (nSPS) is 14.0. The van der Waals surface area contributed by atoms with Crippen molar-refractivity contribution in [3.05, 3.63) is 29.3 Å². The third kappa shape index (κ3) is 5.43. The number of hydrogen-bond donors (Lipinski definition) is 0. The molecule has 0 aliphatic rings. The van der Waals surface area contributed by atoms with Crippen LogP contribution in [0.3, 0.4) is 0 Å². The maximum atomic E-state index is 5.63. The van der Waals surface area contributed by atoms with E-state index in [2.05, 4.69) is 13.0 Å². The Morgan fingerprint density at radius 3 is 2.17 bits per heavy atom. The number of rotatable bonds is 12. The van der Waals surface area contributed by atoms with E-state index >= 15 is 0 Å². The summed E-state index contributed by atoms with van der Waals surface area (Å²) in [6.07, 6.45) is 3.63. The molecule has 24 heavy (non-hydrogen) atoms. The number of aryl methyl sites for hydroxylation is 1. The fourth-order valence-corrected chi connectivity index (χ4v) is 2.73. The Kier molecular flexibility index (Phi) is 9.90. The molecule has 0 bridgehead atoms. The van der Waals surface area contributed by atoms with E-state index < -0.39 is 12.3 Å². The Bertz CT molecular complexity index is 465. The van der Waals surface area contributed by atoms with E-state index in [1.165, 1.54) is 37.9 Å². The largest absolute Gasteiger partial charge is 0.496 e. The Morgan fingerprint density at radius 1 is 0.958 bits per heavy atom. The Labute approximate surface area is 145 Å². The van der Waals surface area contributed by atoms with Crippen molar-refractivity contribution in [2.24, 2.45) is 0 Å². The summed E-state index contributed by atoms with van der Waals surface area (Å²) in [4.78, 5) is 10.4. The predicted octanol–water partition coefficient (Wildman–Crippen LogP) is 3.51. The average Bonchev–Trinajstić information content (AvgIpc) is 2.62. The molecule has 1 aromatic rings. The number of nitrogens with zero attached hydrogens (tertiary/aromatic N) is 1. The van der Waals surface area contributed by atoms with Gasteiger partial charge in [0.25, 0.3) is 0 Å². The Hall–Kier alpha value is -1.18. The van der Waals surface area contributed by atoms with E-state index in [9.17, 15) is 0 Å². The summed E-state index contributed by atoms with van der Waals surface area (Å²) < 4.78 is 16.7. The monoisotopic (exact) mass is 341 g/mol. The SMILES string of the molecule is CCCCCc1ccc(C(OC)C(OC)N(OC)OC)cc1OC. The zero-order valence-electron chi connectivity index (χ0n) is 15.7. The molecule has 0 amide bonds. The van der Waals surface area contributed by atoms with Crippen LogP contribution < -0.4 is 4.74 Å². The molecule has 1 aromatic carbocycles. The van der Waals surface area contributed by atoms with Crippen molar-refractivity contribution < 1.29 is 23.9 Å². The summed E-state index contributed by atoms with van der Waals surface area (Å²) in [6, 6.07) is 6.12. The number of hydrogen-bond acceptors (Lipinski definition) is 6. The van der Waals surface area contributed by atoms with Gasteiger partial charge >= 0.3 is 0 Å². The molecule has 0 N–H and O–H groups in total. The first kappa shape index (κ1) is 20.9. The molecule has 138 valence electrons. The summed E-state index contributed by atoms with van der Waals surface area (Å²) >= 11 is 0. The fraction of sp³-hybridized carbons (Fsp3) is 0.667. The standard InChI is InChI=1S/C18H31NO5/c1-7-8-9-10-14-11-12-15(13-16(14)20-2)17(21-3)18(22-4)19(23-5)24-6/h11-13,17-18H,7-10H2,1-6H3. The third-order valence-electron chi connectivity index (χ3n) is 4.01. The van der Waals surface area contributed by atoms with E-state index in [0.717, 1.165) is 24.2 Å². The molecular weight excluding hydrogens is 310 g/mol. The second kappa shape index (κ2) is 11.4. The highest BCUT2D eigenvalue weighted by Crippen LogP contribution is 2.30. The minimum atomic E-state index is -0.555. The van der Waals surface area contributed by atoms with Crippen LogP contribution in [-0.4, -0.2) is 47.0 Å². The number of hydroxylamine groups is 2. The van der Waals surface area contributed by atoms with Gasteiger partial charge in [0.15, 0.2) is 6.23 Å². The van der Waals surface area contributed by atoms with Gasteiger partial charge in [-0.1, -0.05) is 31.9 Å². The number of methoxy groups -OCH3 is 3. The molecule has 1 rings (SSSR count). The van der Waals surface area contributed by atoms with Gasteiger partial charge in [0.05, 0.1) is 21.3 Å².